The molecule has 0 spiro atoms. The van der Waals surface area contributed by atoms with Gasteiger partial charge in [0, 0.05) is 23.5 Å². The normalized spacial score (nSPS) is 18.2. The Bertz CT molecular complexity index is 614. The Balaban J connectivity index is 2.26. The van der Waals surface area contributed by atoms with Gasteiger partial charge >= 0.3 is 0 Å². The van der Waals surface area contributed by atoms with Crippen molar-refractivity contribution in [3.63, 3.8) is 0 Å². The molecule has 0 aromatic heterocycles. The molecule has 0 amide bonds. The van der Waals surface area contributed by atoms with Gasteiger partial charge in [0.25, 0.3) is 0 Å². The first-order valence-electron chi connectivity index (χ1n) is 6.11. The van der Waals surface area contributed by atoms with Crippen LogP contribution in [0.1, 0.15) is 18.4 Å². The maximum Gasteiger partial charge on any atom is 0.244 e. The third-order valence-corrected chi connectivity index (χ3v) is 6.22. The first kappa shape index (κ1) is 14.5. The second-order valence-electron chi connectivity index (χ2n) is 4.74. The van der Waals surface area contributed by atoms with E-state index >= 15 is 0 Å². The van der Waals surface area contributed by atoms with Crippen molar-refractivity contribution in [3.05, 3.63) is 28.2 Å². The van der Waals surface area contributed by atoms with E-state index in [-0.39, 0.29) is 5.92 Å². The van der Waals surface area contributed by atoms with Crippen LogP contribution in [-0.2, 0) is 10.0 Å². The minimum absolute atomic E-state index is 0.0205. The molecule has 1 fully saturated rings. The molecule has 1 aliphatic rings. The summed E-state index contributed by atoms with van der Waals surface area (Å²) in [5.74, 6) is -0.0205. The fraction of sp³-hybridized carbons (Fsp3) is 0.462. The zero-order valence-corrected chi connectivity index (χ0v) is 13.0. The number of halogens is 1. The second-order valence-corrected chi connectivity index (χ2v) is 7.50. The molecule has 0 unspecified atom stereocenters. The zero-order valence-electron chi connectivity index (χ0n) is 10.6. The summed E-state index contributed by atoms with van der Waals surface area (Å²) in [5, 5.41) is 8.85. The fourth-order valence-electron chi connectivity index (χ4n) is 2.18. The zero-order chi connectivity index (χ0) is 14.0. The molecule has 1 aromatic rings. The summed E-state index contributed by atoms with van der Waals surface area (Å²) in [6.45, 7) is 2.75. The van der Waals surface area contributed by atoms with E-state index in [4.69, 9.17) is 5.26 Å². The minimum atomic E-state index is -3.46. The number of nitrogens with zero attached hydrogens (tertiary/aromatic N) is 2. The molecule has 0 N–H and O–H groups in total. The molecule has 1 aliphatic heterocycles. The fourth-order valence-corrected chi connectivity index (χ4v) is 4.80. The standard InChI is InChI=1S/C13H15BrN2O2S/c1-10-2-3-13(12(14)8-10)19(17,18)16-6-4-11(9-15)5-7-16/h2-3,8,11H,4-7H2,1H3. The van der Waals surface area contributed by atoms with E-state index < -0.39 is 10.0 Å². The molecule has 1 aromatic carbocycles. The van der Waals surface area contributed by atoms with E-state index in [2.05, 4.69) is 22.0 Å². The summed E-state index contributed by atoms with van der Waals surface area (Å²) in [4.78, 5) is 0.300. The van der Waals surface area contributed by atoms with Crippen LogP contribution in [0.25, 0.3) is 0 Å². The molecule has 0 saturated carbocycles. The molecule has 102 valence electrons. The van der Waals surface area contributed by atoms with Crippen LogP contribution in [0.15, 0.2) is 27.6 Å². The van der Waals surface area contributed by atoms with Crippen LogP contribution in [0.5, 0.6) is 0 Å². The minimum Gasteiger partial charge on any atom is -0.207 e. The number of benzene rings is 1. The highest BCUT2D eigenvalue weighted by molar-refractivity contribution is 9.10. The summed E-state index contributed by atoms with van der Waals surface area (Å²) in [6, 6.07) is 7.43. The number of aryl methyl sites for hydroxylation is 1. The van der Waals surface area contributed by atoms with Crippen molar-refractivity contribution in [3.8, 4) is 6.07 Å². The third kappa shape index (κ3) is 2.99. The van der Waals surface area contributed by atoms with Gasteiger partial charge in [-0.2, -0.15) is 9.57 Å². The lowest BCUT2D eigenvalue weighted by Gasteiger charge is -2.28. The predicted molar refractivity (Wildman–Crippen MR) is 76.0 cm³/mol. The van der Waals surface area contributed by atoms with E-state index in [1.165, 1.54) is 4.31 Å². The van der Waals surface area contributed by atoms with E-state index in [0.717, 1.165) is 5.56 Å². The van der Waals surface area contributed by atoms with Crippen LogP contribution in [0.2, 0.25) is 0 Å². The molecule has 4 nitrogen and oxygen atoms in total. The molecule has 2 rings (SSSR count). The van der Waals surface area contributed by atoms with Crippen molar-refractivity contribution >= 4 is 26.0 Å². The van der Waals surface area contributed by atoms with Crippen molar-refractivity contribution in [2.24, 2.45) is 5.92 Å². The monoisotopic (exact) mass is 342 g/mol. The highest BCUT2D eigenvalue weighted by atomic mass is 79.9. The lowest BCUT2D eigenvalue weighted by molar-refractivity contribution is 0.310. The number of nitriles is 1. The van der Waals surface area contributed by atoms with Crippen LogP contribution >= 0.6 is 15.9 Å². The van der Waals surface area contributed by atoms with Crippen LogP contribution < -0.4 is 0 Å². The molecule has 0 atom stereocenters. The Morgan fingerprint density at radius 2 is 2.00 bits per heavy atom. The molecule has 1 heterocycles. The van der Waals surface area contributed by atoms with Gasteiger partial charge in [0.1, 0.15) is 0 Å². The van der Waals surface area contributed by atoms with Crippen LogP contribution in [0.4, 0.5) is 0 Å². The first-order chi connectivity index (χ1) is 8.95. The highest BCUT2D eigenvalue weighted by Crippen LogP contribution is 2.28. The topological polar surface area (TPSA) is 61.2 Å². The van der Waals surface area contributed by atoms with Gasteiger partial charge in [-0.15, -0.1) is 0 Å². The van der Waals surface area contributed by atoms with Gasteiger partial charge in [-0.25, -0.2) is 8.42 Å². The highest BCUT2D eigenvalue weighted by Gasteiger charge is 2.30. The van der Waals surface area contributed by atoms with Crippen LogP contribution in [0, 0.1) is 24.2 Å². The first-order valence-corrected chi connectivity index (χ1v) is 8.34. The number of hydrogen-bond acceptors (Lipinski definition) is 3. The largest absolute Gasteiger partial charge is 0.244 e. The average Bonchev–Trinajstić information content (AvgIpc) is 2.38. The quantitative estimate of drug-likeness (QED) is 0.829. The average molecular weight is 343 g/mol. The number of rotatable bonds is 2. The van der Waals surface area contributed by atoms with Crippen molar-refractivity contribution in [1.82, 2.24) is 4.31 Å². The summed E-state index contributed by atoms with van der Waals surface area (Å²) >= 11 is 3.32. The maximum atomic E-state index is 12.5. The summed E-state index contributed by atoms with van der Waals surface area (Å²) < 4.78 is 27.1. The van der Waals surface area contributed by atoms with E-state index in [1.54, 1.807) is 18.2 Å². The Labute approximate surface area is 122 Å². The van der Waals surface area contributed by atoms with E-state index in [0.29, 0.717) is 35.3 Å². The molecular weight excluding hydrogens is 328 g/mol. The maximum absolute atomic E-state index is 12.5. The number of sulfonamides is 1. The second kappa shape index (κ2) is 5.61. The van der Waals surface area contributed by atoms with E-state index in [9.17, 15) is 8.42 Å². The van der Waals surface area contributed by atoms with Crippen LogP contribution in [-0.4, -0.2) is 25.8 Å². The van der Waals surface area contributed by atoms with Crippen molar-refractivity contribution in [2.75, 3.05) is 13.1 Å². The van der Waals surface area contributed by atoms with Gasteiger partial charge in [0.2, 0.25) is 10.0 Å². The van der Waals surface area contributed by atoms with Gasteiger partial charge in [-0.1, -0.05) is 6.07 Å². The SMILES string of the molecule is Cc1ccc(S(=O)(=O)N2CCC(C#N)CC2)c(Br)c1. The summed E-state index contributed by atoms with van der Waals surface area (Å²) in [6.07, 6.45) is 1.22. The van der Waals surface area contributed by atoms with Gasteiger partial charge in [-0.05, 0) is 53.4 Å². The van der Waals surface area contributed by atoms with Gasteiger partial charge < -0.3 is 0 Å². The predicted octanol–water partition coefficient (Wildman–Crippen LogP) is 2.68. The Morgan fingerprint density at radius 3 is 2.53 bits per heavy atom. The van der Waals surface area contributed by atoms with Gasteiger partial charge in [0.15, 0.2) is 0 Å². The number of piperidine rings is 1. The molecule has 1 saturated heterocycles. The molecular formula is C13H15BrN2O2S. The van der Waals surface area contributed by atoms with Crippen molar-refractivity contribution in [2.45, 2.75) is 24.7 Å². The molecule has 0 bridgehead atoms. The molecule has 19 heavy (non-hydrogen) atoms. The van der Waals surface area contributed by atoms with Gasteiger partial charge in [-0.3, -0.25) is 0 Å². The molecule has 0 aliphatic carbocycles. The summed E-state index contributed by atoms with van der Waals surface area (Å²) in [5.41, 5.74) is 1.01. The smallest absolute Gasteiger partial charge is 0.207 e. The van der Waals surface area contributed by atoms with Crippen molar-refractivity contribution in [1.29, 1.82) is 5.26 Å². The number of hydrogen-bond donors (Lipinski definition) is 0. The third-order valence-electron chi connectivity index (χ3n) is 3.34. The Hall–Kier alpha value is -0.900. The van der Waals surface area contributed by atoms with Crippen molar-refractivity contribution < 1.29 is 8.42 Å². The lowest BCUT2D eigenvalue weighted by atomic mass is 10.0. The lowest BCUT2D eigenvalue weighted by Crippen LogP contribution is -2.38. The van der Waals surface area contributed by atoms with Crippen LogP contribution in [0.3, 0.4) is 0 Å². The van der Waals surface area contributed by atoms with Gasteiger partial charge in [0.05, 0.1) is 11.0 Å². The molecule has 6 heteroatoms. The molecule has 0 radical (unpaired) electrons. The Kier molecular flexibility index (Phi) is 4.29. The summed E-state index contributed by atoms with van der Waals surface area (Å²) in [7, 11) is -3.46. The van der Waals surface area contributed by atoms with E-state index in [1.807, 2.05) is 6.92 Å². The Morgan fingerprint density at radius 1 is 1.37 bits per heavy atom.